The van der Waals surface area contributed by atoms with E-state index in [0.717, 1.165) is 18.7 Å². The molecule has 1 aromatic carbocycles. The summed E-state index contributed by atoms with van der Waals surface area (Å²) in [5.74, 6) is 1.24. The average molecular weight is 321 g/mol. The second-order valence-electron chi connectivity index (χ2n) is 7.13. The normalized spacial score (nSPS) is 25.2. The van der Waals surface area contributed by atoms with E-state index in [1.54, 1.807) is 0 Å². The Hall–Kier alpha value is -2.29. The van der Waals surface area contributed by atoms with Gasteiger partial charge in [0.2, 0.25) is 0 Å². The van der Waals surface area contributed by atoms with Gasteiger partial charge in [-0.3, -0.25) is 0 Å². The maximum Gasteiger partial charge on any atom is 0.345 e. The summed E-state index contributed by atoms with van der Waals surface area (Å²) in [4.78, 5) is 14.8. The van der Waals surface area contributed by atoms with Gasteiger partial charge in [-0.2, -0.15) is 0 Å². The van der Waals surface area contributed by atoms with Crippen LogP contribution in [0.2, 0.25) is 0 Å². The van der Waals surface area contributed by atoms with E-state index in [9.17, 15) is 4.79 Å². The number of rotatable bonds is 2. The molecule has 3 nitrogen and oxygen atoms in total. The van der Waals surface area contributed by atoms with E-state index >= 15 is 0 Å². The van der Waals surface area contributed by atoms with Gasteiger partial charge in [-0.25, -0.2) is 4.79 Å². The minimum absolute atomic E-state index is 0.00305. The van der Waals surface area contributed by atoms with Crippen LogP contribution in [-0.2, 0) is 6.54 Å². The molecule has 0 unspecified atom stereocenters. The molecule has 2 atom stereocenters. The molecule has 1 saturated carbocycles. The molecule has 4 rings (SSSR count). The predicted octanol–water partition coefficient (Wildman–Crippen LogP) is 4.54. The maximum absolute atomic E-state index is 12.3. The Morgan fingerprint density at radius 2 is 2.08 bits per heavy atom. The fourth-order valence-electron chi connectivity index (χ4n) is 4.36. The Labute approximate surface area is 142 Å². The van der Waals surface area contributed by atoms with E-state index in [0.29, 0.717) is 17.2 Å². The predicted molar refractivity (Wildman–Crippen MR) is 97.1 cm³/mol. The molecule has 1 fully saturated rings. The molecule has 2 heterocycles. The van der Waals surface area contributed by atoms with Crippen LogP contribution in [0, 0.1) is 12.8 Å². The first-order valence-corrected chi connectivity index (χ1v) is 8.76. The SMILES string of the molecule is Cc1cc2c(c(=O)o1)C=C[C@@]1(CCC[C@H]1C)N2Cc1ccccc1. The van der Waals surface area contributed by atoms with Crippen LogP contribution in [0.25, 0.3) is 6.08 Å². The molecule has 1 spiro atoms. The molecule has 1 aliphatic heterocycles. The molecule has 2 aromatic rings. The Balaban J connectivity index is 1.87. The Bertz CT molecular complexity index is 837. The van der Waals surface area contributed by atoms with E-state index in [1.807, 2.05) is 25.1 Å². The Morgan fingerprint density at radius 3 is 2.79 bits per heavy atom. The highest BCUT2D eigenvalue weighted by molar-refractivity contribution is 5.73. The summed E-state index contributed by atoms with van der Waals surface area (Å²) in [7, 11) is 0. The third-order valence-corrected chi connectivity index (χ3v) is 5.67. The van der Waals surface area contributed by atoms with Crippen LogP contribution in [-0.4, -0.2) is 5.54 Å². The minimum Gasteiger partial charge on any atom is -0.428 e. The van der Waals surface area contributed by atoms with Gasteiger partial charge in [0.1, 0.15) is 5.76 Å². The van der Waals surface area contributed by atoms with Crippen LogP contribution in [0.1, 0.15) is 43.1 Å². The quantitative estimate of drug-likeness (QED) is 0.814. The van der Waals surface area contributed by atoms with Crippen LogP contribution in [0.4, 0.5) is 5.69 Å². The number of hydrogen-bond donors (Lipinski definition) is 0. The summed E-state index contributed by atoms with van der Waals surface area (Å²) >= 11 is 0. The van der Waals surface area contributed by atoms with E-state index in [4.69, 9.17) is 4.42 Å². The minimum atomic E-state index is -0.236. The molecule has 0 bridgehead atoms. The summed E-state index contributed by atoms with van der Waals surface area (Å²) in [6, 6.07) is 12.5. The highest BCUT2D eigenvalue weighted by Crippen LogP contribution is 2.47. The van der Waals surface area contributed by atoms with Crippen molar-refractivity contribution in [2.45, 2.75) is 45.2 Å². The first kappa shape index (κ1) is 15.3. The highest BCUT2D eigenvalue weighted by Gasteiger charge is 2.45. The zero-order chi connectivity index (χ0) is 16.7. The molecule has 0 N–H and O–H groups in total. The Morgan fingerprint density at radius 1 is 1.29 bits per heavy atom. The summed E-state index contributed by atoms with van der Waals surface area (Å²) in [5.41, 5.74) is 2.73. The molecule has 24 heavy (non-hydrogen) atoms. The largest absolute Gasteiger partial charge is 0.428 e. The molecule has 2 aliphatic rings. The van der Waals surface area contributed by atoms with Crippen molar-refractivity contribution in [2.75, 3.05) is 4.90 Å². The molecule has 0 saturated heterocycles. The van der Waals surface area contributed by atoms with Gasteiger partial charge in [0.25, 0.3) is 0 Å². The molecule has 0 amide bonds. The van der Waals surface area contributed by atoms with Gasteiger partial charge < -0.3 is 9.32 Å². The molecule has 3 heteroatoms. The van der Waals surface area contributed by atoms with Crippen molar-refractivity contribution in [3.8, 4) is 0 Å². The second-order valence-corrected chi connectivity index (χ2v) is 7.13. The van der Waals surface area contributed by atoms with Crippen molar-refractivity contribution in [3.63, 3.8) is 0 Å². The van der Waals surface area contributed by atoms with E-state index < -0.39 is 0 Å². The summed E-state index contributed by atoms with van der Waals surface area (Å²) < 4.78 is 5.32. The maximum atomic E-state index is 12.3. The van der Waals surface area contributed by atoms with Gasteiger partial charge >= 0.3 is 5.63 Å². The zero-order valence-corrected chi connectivity index (χ0v) is 14.3. The van der Waals surface area contributed by atoms with Gasteiger partial charge in [0, 0.05) is 12.6 Å². The van der Waals surface area contributed by atoms with Crippen molar-refractivity contribution in [2.24, 2.45) is 5.92 Å². The number of hydrogen-bond acceptors (Lipinski definition) is 3. The van der Waals surface area contributed by atoms with Gasteiger partial charge in [-0.15, -0.1) is 0 Å². The summed E-state index contributed by atoms with van der Waals surface area (Å²) in [5, 5.41) is 0. The monoisotopic (exact) mass is 321 g/mol. The Kier molecular flexibility index (Phi) is 3.60. The van der Waals surface area contributed by atoms with Gasteiger partial charge in [0.05, 0.1) is 16.8 Å². The third-order valence-electron chi connectivity index (χ3n) is 5.67. The lowest BCUT2D eigenvalue weighted by molar-refractivity contribution is 0.374. The van der Waals surface area contributed by atoms with Crippen molar-refractivity contribution in [3.05, 3.63) is 69.8 Å². The first-order chi connectivity index (χ1) is 11.6. The van der Waals surface area contributed by atoms with Crippen LogP contribution in [0.15, 0.2) is 51.7 Å². The average Bonchev–Trinajstić information content (AvgIpc) is 2.93. The lowest BCUT2D eigenvalue weighted by Gasteiger charge is -2.47. The molecule has 1 aliphatic carbocycles. The lowest BCUT2D eigenvalue weighted by Crippen LogP contribution is -2.51. The molecule has 1 aromatic heterocycles. The zero-order valence-electron chi connectivity index (χ0n) is 14.3. The molecular formula is C21H23NO2. The van der Waals surface area contributed by atoms with E-state index in [2.05, 4.69) is 42.2 Å². The topological polar surface area (TPSA) is 33.5 Å². The van der Waals surface area contributed by atoms with Gasteiger partial charge in [-0.1, -0.05) is 49.8 Å². The smallest absolute Gasteiger partial charge is 0.345 e. The van der Waals surface area contributed by atoms with Crippen LogP contribution < -0.4 is 10.5 Å². The molecular weight excluding hydrogens is 298 g/mol. The summed E-state index contributed by atoms with van der Waals surface area (Å²) in [6.45, 7) is 5.00. The van der Waals surface area contributed by atoms with Crippen LogP contribution in [0.3, 0.4) is 0 Å². The van der Waals surface area contributed by atoms with E-state index in [-0.39, 0.29) is 11.2 Å². The lowest BCUT2D eigenvalue weighted by atomic mass is 9.82. The van der Waals surface area contributed by atoms with Crippen molar-refractivity contribution in [1.82, 2.24) is 0 Å². The molecule has 0 radical (unpaired) electrons. The van der Waals surface area contributed by atoms with Gasteiger partial charge in [-0.05, 0) is 37.3 Å². The number of fused-ring (bicyclic) bond motifs is 1. The highest BCUT2D eigenvalue weighted by atomic mass is 16.4. The van der Waals surface area contributed by atoms with Crippen molar-refractivity contribution >= 4 is 11.8 Å². The number of benzene rings is 1. The van der Waals surface area contributed by atoms with Crippen LogP contribution in [0.5, 0.6) is 0 Å². The van der Waals surface area contributed by atoms with Crippen LogP contribution >= 0.6 is 0 Å². The van der Waals surface area contributed by atoms with Gasteiger partial charge in [0.15, 0.2) is 0 Å². The number of aryl methyl sites for hydroxylation is 1. The third kappa shape index (κ3) is 2.31. The van der Waals surface area contributed by atoms with Crippen molar-refractivity contribution < 1.29 is 4.42 Å². The summed E-state index contributed by atoms with van der Waals surface area (Å²) in [6.07, 6.45) is 7.83. The number of anilines is 1. The van der Waals surface area contributed by atoms with E-state index in [1.165, 1.54) is 18.4 Å². The second kappa shape index (κ2) is 5.66. The number of nitrogens with zero attached hydrogens (tertiary/aromatic N) is 1. The fraction of sp³-hybridized carbons (Fsp3) is 0.381. The standard InChI is InChI=1S/C21H23NO2/c1-15-7-6-11-21(15)12-10-18-19(13-16(2)24-20(18)23)22(21)14-17-8-4-3-5-9-17/h3-5,8-10,12-13,15H,6-7,11,14H2,1-2H3/t15-,21-/m1/s1. The fourth-order valence-corrected chi connectivity index (χ4v) is 4.36. The van der Waals surface area contributed by atoms with Crippen molar-refractivity contribution in [1.29, 1.82) is 0 Å². The first-order valence-electron chi connectivity index (χ1n) is 8.76. The molecule has 124 valence electrons.